The quantitative estimate of drug-likeness (QED) is 0.0230. The third kappa shape index (κ3) is 16.5. The molecule has 0 amide bonds. The molecular formula is C45H59N13O32P4. The Morgan fingerprint density at radius 2 is 0.787 bits per heavy atom. The van der Waals surface area contributed by atoms with Crippen molar-refractivity contribution in [2.45, 2.75) is 124 Å². The van der Waals surface area contributed by atoms with Crippen LogP contribution in [-0.2, 0) is 78.1 Å². The Morgan fingerprint density at radius 3 is 1.17 bits per heavy atom. The van der Waals surface area contributed by atoms with Crippen LogP contribution in [0.15, 0.2) is 94.9 Å². The summed E-state index contributed by atoms with van der Waals surface area (Å²) in [6.07, 6.45) is -25.9. The summed E-state index contributed by atoms with van der Waals surface area (Å²) >= 11 is 0. The van der Waals surface area contributed by atoms with E-state index in [0.29, 0.717) is 9.13 Å². The number of hydrogen-bond donors (Lipinski definition) is 13. The Kier molecular flexibility index (Phi) is 21.1. The lowest BCUT2D eigenvalue weighted by Crippen LogP contribution is -2.39. The van der Waals surface area contributed by atoms with Crippen molar-refractivity contribution in [1.29, 1.82) is 0 Å². The number of aliphatic hydroxyl groups is 4. The second-order valence-corrected chi connectivity index (χ2v) is 26.7. The van der Waals surface area contributed by atoms with Crippen LogP contribution in [0.1, 0.15) is 50.4 Å². The topological polar surface area (TPSA) is 643 Å². The Balaban J connectivity index is 0.834. The first-order valence-electron chi connectivity index (χ1n) is 27.5. The molecule has 16 N–H and O–H groups in total. The molecule has 0 aromatic carbocycles. The fourth-order valence-corrected chi connectivity index (χ4v) is 14.2. The molecule has 0 bridgehead atoms. The maximum absolute atomic E-state index is 14.0. The molecule has 49 heteroatoms. The number of nitrogens with zero attached hydrogens (tertiary/aromatic N) is 8. The fraction of sp³-hybridized carbons (Fsp3) is 0.556. The van der Waals surface area contributed by atoms with Crippen molar-refractivity contribution < 1.29 is 118 Å². The van der Waals surface area contributed by atoms with E-state index in [2.05, 4.69) is 15.0 Å². The minimum absolute atomic E-state index is 0.123. The molecule has 516 valence electrons. The molecule has 21 atom stereocenters. The summed E-state index contributed by atoms with van der Waals surface area (Å²) in [7, 11) is -22.3. The minimum atomic E-state index is -5.83. The number of aromatic amines is 2. The highest BCUT2D eigenvalue weighted by molar-refractivity contribution is 7.48. The summed E-state index contributed by atoms with van der Waals surface area (Å²) in [4.78, 5) is 147. The standard InChI is InChI=1S/C45H59N13O32P4/c46-27-1-6-54(41(65)49-27)32-11-19(60)23(83-32)15-78-93(74,75)89-38-26(86-40(36(38)64)58-10-5-31(62)53-45(58)69)18-81-94(76,77)90-37-25(85-39(35(37)63)57-9-4-30(61)52-44(57)68)17-80-92(72,73)88-21-13-34(56-8-3-29(48)51-43(56)67)84-24(21)16-79-91(70,71)87-20-12-33(82-22(20)14-59)55-7-2-28(47)50-42(55)66/h1-10,19-26,32-40,59-60,63-64H,11-18H2,(H,70,71)(H,72,73)(H,74,75)(H,76,77)(H2,46,49,65)(H2,47,50,66)(H2,48,51,67)(H,52,61,68)(H,53,62,69)/t19-,20-,21-,22+,23+,24+,25+,26+,32+,33+,34+,35+,36+,37+,38+,39+,40+/m0/s1. The lowest BCUT2D eigenvalue weighted by molar-refractivity contribution is -0.0661. The number of H-pyrrole nitrogens is 2. The predicted octanol–water partition coefficient (Wildman–Crippen LogP) is -5.65. The number of anilines is 3. The van der Waals surface area contributed by atoms with Gasteiger partial charge in [-0.25, -0.2) is 42.2 Å². The molecule has 4 unspecified atom stereocenters. The summed E-state index contributed by atoms with van der Waals surface area (Å²) in [6, 6.07) is 5.30. The molecule has 10 rings (SSSR count). The normalized spacial score (nSPS) is 32.0. The number of rotatable bonds is 26. The van der Waals surface area contributed by atoms with Crippen LogP contribution in [0.25, 0.3) is 0 Å². The Bertz CT molecular complexity index is 4230. The van der Waals surface area contributed by atoms with Crippen LogP contribution in [0.5, 0.6) is 0 Å². The SMILES string of the molecule is Nc1ccn([C@H]2C[C@H](OP(=O)(O)OC[C@H]3O[C@@H](n4ccc(N)nc4=O)C[C@@H]3OP(=O)(O)OC[C@H]3O[C@@H](n4ccc(=O)[nH]c4=O)[C@H](O)[C@@H]3OP(=O)(O)OC[C@H]3O[C@@H](n4ccc(=O)[nH]c4=O)[C@H](O)[C@@H]3OP(=O)(O)OC[C@H]3O[C@@H](n4ccc(N)nc4=O)C[C@@H]3O)[C@@H](CO)O2)c(=O)n1. The zero-order chi connectivity index (χ0) is 67.9. The molecule has 0 saturated carbocycles. The van der Waals surface area contributed by atoms with E-state index >= 15 is 0 Å². The van der Waals surface area contributed by atoms with Crippen LogP contribution in [0.4, 0.5) is 17.5 Å². The zero-order valence-corrected chi connectivity index (χ0v) is 51.3. The van der Waals surface area contributed by atoms with E-state index in [-0.39, 0.29) is 30.3 Å². The summed E-state index contributed by atoms with van der Waals surface area (Å²) < 4.78 is 130. The minimum Gasteiger partial charge on any atom is -0.394 e. The summed E-state index contributed by atoms with van der Waals surface area (Å²) in [6.45, 7) is -5.40. The van der Waals surface area contributed by atoms with Gasteiger partial charge in [0.05, 0.1) is 39.1 Å². The van der Waals surface area contributed by atoms with E-state index < -0.39 is 215 Å². The van der Waals surface area contributed by atoms with E-state index in [4.69, 9.17) is 77.1 Å². The number of nitrogens with two attached hydrogens (primary N) is 3. The van der Waals surface area contributed by atoms with Crippen LogP contribution >= 0.6 is 31.3 Å². The first-order chi connectivity index (χ1) is 44.2. The Labute approximate surface area is 521 Å². The highest BCUT2D eigenvalue weighted by atomic mass is 31.2. The van der Waals surface area contributed by atoms with E-state index in [1.807, 2.05) is 9.97 Å². The van der Waals surface area contributed by atoms with Crippen LogP contribution in [0.2, 0.25) is 0 Å². The maximum Gasteiger partial charge on any atom is 0.472 e. The average Bonchev–Trinajstić information content (AvgIpc) is 1.66. The lowest BCUT2D eigenvalue weighted by atomic mass is 10.1. The zero-order valence-electron chi connectivity index (χ0n) is 47.7. The number of phosphoric acid groups is 4. The lowest BCUT2D eigenvalue weighted by Gasteiger charge is -2.26. The number of nitrogens with one attached hydrogen (secondary N) is 2. The van der Waals surface area contributed by atoms with E-state index in [0.717, 1.165) is 44.4 Å². The first kappa shape index (κ1) is 70.3. The van der Waals surface area contributed by atoms with Crippen molar-refractivity contribution in [2.24, 2.45) is 0 Å². The first-order valence-corrected chi connectivity index (χ1v) is 33.5. The Morgan fingerprint density at radius 1 is 0.457 bits per heavy atom. The molecule has 0 aliphatic carbocycles. The van der Waals surface area contributed by atoms with Gasteiger partial charge in [0.1, 0.15) is 103 Å². The van der Waals surface area contributed by atoms with Gasteiger partial charge < -0.3 is 80.9 Å². The molecule has 0 radical (unpaired) electrons. The number of phosphoric ester groups is 4. The molecule has 5 aromatic rings. The van der Waals surface area contributed by atoms with Crippen molar-refractivity contribution >= 4 is 48.7 Å². The molecule has 5 aliphatic rings. The largest absolute Gasteiger partial charge is 0.472 e. The molecule has 5 aliphatic heterocycles. The summed E-state index contributed by atoms with van der Waals surface area (Å²) in [5.74, 6) is -0.473. The number of nitrogen functional groups attached to an aromatic ring is 3. The van der Waals surface area contributed by atoms with Gasteiger partial charge in [0, 0.05) is 62.4 Å². The van der Waals surface area contributed by atoms with Crippen LogP contribution in [0, 0.1) is 0 Å². The highest BCUT2D eigenvalue weighted by Gasteiger charge is 2.54. The van der Waals surface area contributed by atoms with Crippen molar-refractivity contribution in [3.8, 4) is 0 Å². The van der Waals surface area contributed by atoms with Crippen molar-refractivity contribution in [3.05, 3.63) is 134 Å². The van der Waals surface area contributed by atoms with E-state index in [9.17, 15) is 91.8 Å². The van der Waals surface area contributed by atoms with Crippen molar-refractivity contribution in [2.75, 3.05) is 50.2 Å². The number of aliphatic hydroxyl groups excluding tert-OH is 4. The van der Waals surface area contributed by atoms with Gasteiger partial charge >= 0.3 is 59.7 Å². The average molecular weight is 1420 g/mol. The molecule has 0 spiro atoms. The molecule has 94 heavy (non-hydrogen) atoms. The third-order valence-corrected chi connectivity index (χ3v) is 18.8. The van der Waals surface area contributed by atoms with Crippen molar-refractivity contribution in [1.82, 2.24) is 47.8 Å². The molecule has 5 saturated heterocycles. The van der Waals surface area contributed by atoms with Gasteiger partial charge in [-0.3, -0.25) is 78.6 Å². The second kappa shape index (κ2) is 28.3. The number of ether oxygens (including phenoxy) is 5. The van der Waals surface area contributed by atoms with Gasteiger partial charge in [0.25, 0.3) is 11.1 Å². The molecule has 45 nitrogen and oxygen atoms in total. The third-order valence-electron chi connectivity index (χ3n) is 14.8. The van der Waals surface area contributed by atoms with E-state index in [1.165, 1.54) is 30.6 Å². The Hall–Kier alpha value is -6.52. The monoisotopic (exact) mass is 1420 g/mol. The van der Waals surface area contributed by atoms with Crippen LogP contribution < -0.4 is 56.8 Å². The van der Waals surface area contributed by atoms with Gasteiger partial charge in [0.15, 0.2) is 12.5 Å². The smallest absolute Gasteiger partial charge is 0.394 e. The molecule has 5 fully saturated rings. The van der Waals surface area contributed by atoms with Crippen molar-refractivity contribution in [3.63, 3.8) is 0 Å². The molecule has 5 aromatic heterocycles. The summed E-state index contributed by atoms with van der Waals surface area (Å²) in [5, 5.41) is 43.8. The van der Waals surface area contributed by atoms with Gasteiger partial charge in [0.2, 0.25) is 0 Å². The van der Waals surface area contributed by atoms with E-state index in [1.54, 1.807) is 0 Å². The van der Waals surface area contributed by atoms with Crippen LogP contribution in [-0.4, -0.2) is 194 Å². The van der Waals surface area contributed by atoms with Crippen LogP contribution in [0.3, 0.4) is 0 Å². The van der Waals surface area contributed by atoms with Gasteiger partial charge in [-0.1, -0.05) is 0 Å². The number of aromatic nitrogens is 10. The van der Waals surface area contributed by atoms with Gasteiger partial charge in [-0.2, -0.15) is 15.0 Å². The summed E-state index contributed by atoms with van der Waals surface area (Å²) in [5.41, 5.74) is 9.69. The predicted molar refractivity (Wildman–Crippen MR) is 302 cm³/mol. The number of hydrogen-bond acceptors (Lipinski definition) is 34. The molecule has 10 heterocycles. The van der Waals surface area contributed by atoms with Gasteiger partial charge in [-0.15, -0.1) is 0 Å². The maximum atomic E-state index is 14.0. The second-order valence-electron chi connectivity index (χ2n) is 21.1. The molecular weight excluding hydrogens is 1360 g/mol. The fourth-order valence-electron chi connectivity index (χ4n) is 10.4. The van der Waals surface area contributed by atoms with Gasteiger partial charge in [-0.05, 0) is 18.2 Å². The highest BCUT2D eigenvalue weighted by Crippen LogP contribution is 2.55.